The summed E-state index contributed by atoms with van der Waals surface area (Å²) in [5.41, 5.74) is 1.27. The maximum Gasteiger partial charge on any atom is 0.235 e. The van der Waals surface area contributed by atoms with Gasteiger partial charge in [-0.1, -0.05) is 51.5 Å². The van der Waals surface area contributed by atoms with Crippen molar-refractivity contribution in [2.45, 2.75) is 33.7 Å². The first kappa shape index (κ1) is 10.9. The maximum absolute atomic E-state index is 10.3. The van der Waals surface area contributed by atoms with E-state index in [0.29, 0.717) is 5.92 Å². The smallest absolute Gasteiger partial charge is 0.211 e. The first-order chi connectivity index (χ1) is 6.50. The highest BCUT2D eigenvalue weighted by Gasteiger charge is 2.34. The Hall–Kier alpha value is -1.14. The fourth-order valence-corrected chi connectivity index (χ4v) is 2.09. The number of allylic oxidation sites excluding steroid dienone is 2. The topological polar surface area (TPSA) is 29.4 Å². The van der Waals surface area contributed by atoms with Crippen LogP contribution in [0, 0.1) is 11.3 Å². The first-order valence-corrected chi connectivity index (χ1v) is 4.96. The number of hydrogen-bond acceptors (Lipinski definition) is 2. The molecule has 0 fully saturated rings. The number of hydrogen-bond donors (Lipinski definition) is 0. The summed E-state index contributed by atoms with van der Waals surface area (Å²) < 4.78 is 0. The van der Waals surface area contributed by atoms with Gasteiger partial charge in [0, 0.05) is 5.41 Å². The van der Waals surface area contributed by atoms with Crippen LogP contribution in [0.2, 0.25) is 0 Å². The average molecular weight is 191 g/mol. The molecule has 1 aliphatic rings. The minimum Gasteiger partial charge on any atom is -0.211 e. The number of carbonyl (C=O) groups excluding carboxylic acids is 1. The Labute approximate surface area is 85.4 Å². The Morgan fingerprint density at radius 3 is 2.64 bits per heavy atom. The predicted molar refractivity (Wildman–Crippen MR) is 57.8 cm³/mol. The molecule has 0 saturated carbocycles. The third kappa shape index (κ3) is 1.85. The summed E-state index contributed by atoms with van der Waals surface area (Å²) >= 11 is 0. The highest BCUT2D eigenvalue weighted by molar-refractivity contribution is 5.38. The molecule has 0 bridgehead atoms. The molecular weight excluding hydrogens is 174 g/mol. The molecule has 76 valence electrons. The summed E-state index contributed by atoms with van der Waals surface area (Å²) in [4.78, 5) is 14.1. The van der Waals surface area contributed by atoms with Gasteiger partial charge in [-0.05, 0) is 5.92 Å². The van der Waals surface area contributed by atoms with Gasteiger partial charge < -0.3 is 0 Å². The van der Waals surface area contributed by atoms with Gasteiger partial charge in [-0.2, -0.15) is 4.99 Å². The summed E-state index contributed by atoms with van der Waals surface area (Å²) in [5, 5.41) is 0. The Kier molecular flexibility index (Phi) is 3.07. The van der Waals surface area contributed by atoms with Crippen molar-refractivity contribution >= 4 is 6.08 Å². The molecule has 1 unspecified atom stereocenters. The van der Waals surface area contributed by atoms with Crippen molar-refractivity contribution < 1.29 is 4.79 Å². The SMILES string of the molecule is CC(C)C1=CC=CC(N=C=O)C1(C)C. The quantitative estimate of drug-likeness (QED) is 0.487. The molecule has 1 aliphatic carbocycles. The molecule has 0 heterocycles. The van der Waals surface area contributed by atoms with Gasteiger partial charge in [0.05, 0.1) is 6.04 Å². The van der Waals surface area contributed by atoms with Crippen molar-refractivity contribution in [3.63, 3.8) is 0 Å². The largest absolute Gasteiger partial charge is 0.235 e. The van der Waals surface area contributed by atoms with E-state index in [4.69, 9.17) is 0 Å². The number of aliphatic imine (C=N–C) groups is 1. The summed E-state index contributed by atoms with van der Waals surface area (Å²) in [5.74, 6) is 0.485. The molecule has 2 nitrogen and oxygen atoms in total. The van der Waals surface area contributed by atoms with E-state index in [-0.39, 0.29) is 11.5 Å². The molecule has 0 aromatic heterocycles. The van der Waals surface area contributed by atoms with Crippen molar-refractivity contribution in [3.8, 4) is 0 Å². The Bertz CT molecular complexity index is 317. The molecule has 1 atom stereocenters. The van der Waals surface area contributed by atoms with Crippen molar-refractivity contribution in [1.29, 1.82) is 0 Å². The number of rotatable bonds is 2. The van der Waals surface area contributed by atoms with Crippen LogP contribution in [0.3, 0.4) is 0 Å². The lowest BCUT2D eigenvalue weighted by atomic mass is 9.71. The van der Waals surface area contributed by atoms with Crippen LogP contribution >= 0.6 is 0 Å². The Morgan fingerprint density at radius 1 is 1.50 bits per heavy atom. The summed E-state index contributed by atoms with van der Waals surface area (Å²) in [7, 11) is 0. The lowest BCUT2D eigenvalue weighted by Crippen LogP contribution is -2.32. The second kappa shape index (κ2) is 3.93. The Balaban J connectivity index is 3.06. The van der Waals surface area contributed by atoms with Gasteiger partial charge in [-0.25, -0.2) is 4.79 Å². The normalized spacial score (nSPS) is 24.4. The van der Waals surface area contributed by atoms with Gasteiger partial charge in [0.1, 0.15) is 0 Å². The van der Waals surface area contributed by atoms with Gasteiger partial charge >= 0.3 is 0 Å². The van der Waals surface area contributed by atoms with Crippen molar-refractivity contribution in [3.05, 3.63) is 23.8 Å². The van der Waals surface area contributed by atoms with Gasteiger partial charge in [0.15, 0.2) is 0 Å². The summed E-state index contributed by atoms with van der Waals surface area (Å²) in [6, 6.07) is -0.0672. The van der Waals surface area contributed by atoms with E-state index in [1.165, 1.54) is 5.57 Å². The summed E-state index contributed by atoms with van der Waals surface area (Å²) in [6.45, 7) is 8.56. The molecule has 0 saturated heterocycles. The standard InChI is InChI=1S/C12H17NO/c1-9(2)10-6-5-7-11(13-8-14)12(10,3)4/h5-7,9,11H,1-4H3. The van der Waals surface area contributed by atoms with Crippen LogP contribution in [-0.2, 0) is 4.79 Å². The highest BCUT2D eigenvalue weighted by Crippen LogP contribution is 2.39. The second-order valence-corrected chi connectivity index (χ2v) is 4.55. The zero-order valence-corrected chi connectivity index (χ0v) is 9.24. The molecule has 0 aromatic rings. The monoisotopic (exact) mass is 191 g/mol. The molecule has 0 spiro atoms. The zero-order chi connectivity index (χ0) is 10.8. The maximum atomic E-state index is 10.3. The molecule has 0 radical (unpaired) electrons. The summed E-state index contributed by atoms with van der Waals surface area (Å²) in [6.07, 6.45) is 7.71. The van der Waals surface area contributed by atoms with Crippen LogP contribution in [0.1, 0.15) is 27.7 Å². The van der Waals surface area contributed by atoms with Crippen molar-refractivity contribution in [2.24, 2.45) is 16.3 Å². The molecule has 0 amide bonds. The number of nitrogens with zero attached hydrogens (tertiary/aromatic N) is 1. The lowest BCUT2D eigenvalue weighted by molar-refractivity contribution is 0.357. The first-order valence-electron chi connectivity index (χ1n) is 4.96. The van der Waals surface area contributed by atoms with Crippen LogP contribution < -0.4 is 0 Å². The van der Waals surface area contributed by atoms with Crippen LogP contribution in [0.25, 0.3) is 0 Å². The van der Waals surface area contributed by atoms with E-state index >= 15 is 0 Å². The van der Waals surface area contributed by atoms with Crippen LogP contribution in [0.5, 0.6) is 0 Å². The van der Waals surface area contributed by atoms with Gasteiger partial charge in [-0.15, -0.1) is 0 Å². The van der Waals surface area contributed by atoms with Gasteiger partial charge in [0.25, 0.3) is 0 Å². The van der Waals surface area contributed by atoms with E-state index in [1.807, 2.05) is 12.2 Å². The third-order valence-electron chi connectivity index (χ3n) is 2.87. The minimum absolute atomic E-state index is 0.0672. The fourth-order valence-electron chi connectivity index (χ4n) is 2.09. The molecular formula is C12H17NO. The third-order valence-corrected chi connectivity index (χ3v) is 2.87. The molecule has 14 heavy (non-hydrogen) atoms. The fraction of sp³-hybridized carbons (Fsp3) is 0.583. The molecule has 0 N–H and O–H groups in total. The molecule has 0 aliphatic heterocycles. The van der Waals surface area contributed by atoms with E-state index in [0.717, 1.165) is 0 Å². The van der Waals surface area contributed by atoms with Gasteiger partial charge in [0.2, 0.25) is 6.08 Å². The molecule has 2 heteroatoms. The van der Waals surface area contributed by atoms with E-state index in [9.17, 15) is 4.79 Å². The van der Waals surface area contributed by atoms with Crippen LogP contribution in [-0.4, -0.2) is 12.1 Å². The predicted octanol–water partition coefficient (Wildman–Crippen LogP) is 2.87. The average Bonchev–Trinajstić information content (AvgIpc) is 2.07. The van der Waals surface area contributed by atoms with Crippen molar-refractivity contribution in [2.75, 3.05) is 0 Å². The Morgan fingerprint density at radius 2 is 2.14 bits per heavy atom. The van der Waals surface area contributed by atoms with Crippen LogP contribution in [0.4, 0.5) is 0 Å². The highest BCUT2D eigenvalue weighted by atomic mass is 16.1. The van der Waals surface area contributed by atoms with Crippen LogP contribution in [0.15, 0.2) is 28.8 Å². The lowest BCUT2D eigenvalue weighted by Gasteiger charge is -2.36. The molecule has 0 aromatic carbocycles. The van der Waals surface area contributed by atoms with Gasteiger partial charge in [-0.3, -0.25) is 0 Å². The van der Waals surface area contributed by atoms with Crippen molar-refractivity contribution in [1.82, 2.24) is 0 Å². The second-order valence-electron chi connectivity index (χ2n) is 4.55. The van der Waals surface area contributed by atoms with E-state index < -0.39 is 0 Å². The van der Waals surface area contributed by atoms with E-state index in [1.54, 1.807) is 6.08 Å². The minimum atomic E-state index is -0.0691. The number of isocyanates is 1. The molecule has 1 rings (SSSR count). The van der Waals surface area contributed by atoms with E-state index in [2.05, 4.69) is 38.8 Å². The zero-order valence-electron chi connectivity index (χ0n) is 9.24.